The van der Waals surface area contributed by atoms with Crippen molar-refractivity contribution in [1.82, 2.24) is 0 Å². The third-order valence-corrected chi connectivity index (χ3v) is 3.93. The monoisotopic (exact) mass is 253 g/mol. The molecule has 0 aromatic heterocycles. The Labute approximate surface area is 107 Å². The second kappa shape index (κ2) is 6.05. The minimum atomic E-state index is 0.586. The second-order valence-corrected chi connectivity index (χ2v) is 5.15. The van der Waals surface area contributed by atoms with Crippen molar-refractivity contribution in [2.75, 3.05) is 30.5 Å². The first-order valence-electron chi connectivity index (χ1n) is 5.98. The third-order valence-electron chi connectivity index (χ3n) is 2.76. The van der Waals surface area contributed by atoms with Gasteiger partial charge in [0.15, 0.2) is 11.5 Å². The highest BCUT2D eigenvalue weighted by Gasteiger charge is 2.15. The van der Waals surface area contributed by atoms with Gasteiger partial charge in [-0.05, 0) is 31.2 Å². The van der Waals surface area contributed by atoms with Crippen molar-refractivity contribution in [3.05, 3.63) is 18.2 Å². The van der Waals surface area contributed by atoms with E-state index in [2.05, 4.69) is 11.4 Å². The molecule has 1 unspecified atom stereocenters. The number of benzene rings is 1. The normalized spacial score (nSPS) is 19.1. The van der Waals surface area contributed by atoms with E-state index in [9.17, 15) is 0 Å². The van der Waals surface area contributed by atoms with E-state index in [1.54, 1.807) is 7.11 Å². The van der Waals surface area contributed by atoms with Gasteiger partial charge in [0.25, 0.3) is 0 Å². The summed E-state index contributed by atoms with van der Waals surface area (Å²) in [4.78, 5) is 0. The second-order valence-electron chi connectivity index (χ2n) is 4.00. The third kappa shape index (κ3) is 3.22. The molecule has 4 heteroatoms. The summed E-state index contributed by atoms with van der Waals surface area (Å²) in [5.41, 5.74) is 1.11. The number of hydrogen-bond acceptors (Lipinski definition) is 4. The van der Waals surface area contributed by atoms with Gasteiger partial charge in [0.1, 0.15) is 0 Å². The quantitative estimate of drug-likeness (QED) is 0.874. The van der Waals surface area contributed by atoms with Crippen molar-refractivity contribution < 1.29 is 9.47 Å². The topological polar surface area (TPSA) is 30.5 Å². The van der Waals surface area contributed by atoms with Crippen LogP contribution in [0.2, 0.25) is 0 Å². The van der Waals surface area contributed by atoms with Crippen LogP contribution in [0.3, 0.4) is 0 Å². The van der Waals surface area contributed by atoms with Crippen LogP contribution < -0.4 is 14.8 Å². The zero-order valence-electron chi connectivity index (χ0n) is 10.4. The zero-order chi connectivity index (χ0) is 12.1. The van der Waals surface area contributed by atoms with Gasteiger partial charge >= 0.3 is 0 Å². The first kappa shape index (κ1) is 12.4. The van der Waals surface area contributed by atoms with Crippen molar-refractivity contribution in [3.63, 3.8) is 0 Å². The van der Waals surface area contributed by atoms with E-state index in [-0.39, 0.29) is 0 Å². The van der Waals surface area contributed by atoms with Crippen molar-refractivity contribution >= 4 is 17.4 Å². The predicted molar refractivity (Wildman–Crippen MR) is 73.5 cm³/mol. The molecule has 0 bridgehead atoms. The molecule has 94 valence electrons. The molecule has 1 fully saturated rings. The van der Waals surface area contributed by atoms with Crippen LogP contribution in [0.5, 0.6) is 11.5 Å². The average Bonchev–Trinajstić information content (AvgIpc) is 2.84. The van der Waals surface area contributed by atoms with E-state index in [4.69, 9.17) is 9.47 Å². The molecule has 1 aliphatic heterocycles. The summed E-state index contributed by atoms with van der Waals surface area (Å²) >= 11 is 2.00. The van der Waals surface area contributed by atoms with Gasteiger partial charge in [0, 0.05) is 23.5 Å². The number of rotatable bonds is 5. The van der Waals surface area contributed by atoms with Crippen molar-refractivity contribution in [3.8, 4) is 11.5 Å². The maximum Gasteiger partial charge on any atom is 0.162 e. The molecule has 1 aliphatic rings. The number of hydrogen-bond donors (Lipinski definition) is 1. The predicted octanol–water partition coefficient (Wildman–Crippen LogP) is 3.01. The van der Waals surface area contributed by atoms with Crippen LogP contribution in [0.4, 0.5) is 5.69 Å². The van der Waals surface area contributed by atoms with Gasteiger partial charge in [-0.2, -0.15) is 11.8 Å². The average molecular weight is 253 g/mol. The molecule has 0 aliphatic carbocycles. The Morgan fingerprint density at radius 2 is 2.29 bits per heavy atom. The maximum atomic E-state index is 5.50. The lowest BCUT2D eigenvalue weighted by molar-refractivity contribution is 0.311. The molecule has 0 saturated carbocycles. The number of nitrogens with one attached hydrogen (secondary N) is 1. The molecule has 1 aromatic carbocycles. The minimum absolute atomic E-state index is 0.586. The number of anilines is 1. The van der Waals surface area contributed by atoms with Gasteiger partial charge in [0.2, 0.25) is 0 Å². The van der Waals surface area contributed by atoms with Crippen LogP contribution in [-0.4, -0.2) is 31.3 Å². The summed E-state index contributed by atoms with van der Waals surface area (Å²) in [6.45, 7) is 2.63. The Morgan fingerprint density at radius 3 is 2.94 bits per heavy atom. The molecule has 0 radical (unpaired) electrons. The molecule has 1 aromatic rings. The molecule has 2 rings (SSSR count). The summed E-state index contributed by atoms with van der Waals surface area (Å²) in [5.74, 6) is 4.05. The standard InChI is InChI=1S/C13H19NO2S/c1-3-16-12-5-4-10(8-13(12)15-2)14-11-6-7-17-9-11/h4-5,8,11,14H,3,6-7,9H2,1-2H3. The van der Waals surface area contributed by atoms with Gasteiger partial charge in [-0.1, -0.05) is 0 Å². The van der Waals surface area contributed by atoms with Gasteiger partial charge < -0.3 is 14.8 Å². The fourth-order valence-corrected chi connectivity index (χ4v) is 3.07. The van der Waals surface area contributed by atoms with Crippen LogP contribution in [0.25, 0.3) is 0 Å². The highest BCUT2D eigenvalue weighted by molar-refractivity contribution is 7.99. The van der Waals surface area contributed by atoms with E-state index in [0.717, 1.165) is 17.2 Å². The van der Waals surface area contributed by atoms with E-state index >= 15 is 0 Å². The maximum absolute atomic E-state index is 5.50. The Bertz CT molecular complexity index is 364. The zero-order valence-corrected chi connectivity index (χ0v) is 11.2. The molecule has 1 N–H and O–H groups in total. The van der Waals surface area contributed by atoms with Gasteiger partial charge in [-0.25, -0.2) is 0 Å². The Morgan fingerprint density at radius 1 is 1.41 bits per heavy atom. The molecule has 3 nitrogen and oxygen atoms in total. The summed E-state index contributed by atoms with van der Waals surface area (Å²) in [6.07, 6.45) is 1.24. The lowest BCUT2D eigenvalue weighted by Gasteiger charge is -2.15. The summed E-state index contributed by atoms with van der Waals surface area (Å²) < 4.78 is 10.8. The largest absolute Gasteiger partial charge is 0.493 e. The summed E-state index contributed by atoms with van der Waals surface area (Å²) in [7, 11) is 1.67. The van der Waals surface area contributed by atoms with Crippen LogP contribution in [0.1, 0.15) is 13.3 Å². The van der Waals surface area contributed by atoms with Crippen LogP contribution in [0.15, 0.2) is 18.2 Å². The summed E-state index contributed by atoms with van der Waals surface area (Å²) in [6, 6.07) is 6.61. The minimum Gasteiger partial charge on any atom is -0.493 e. The van der Waals surface area contributed by atoms with E-state index < -0.39 is 0 Å². The molecule has 1 heterocycles. The van der Waals surface area contributed by atoms with E-state index in [1.165, 1.54) is 17.9 Å². The van der Waals surface area contributed by atoms with Crippen molar-refractivity contribution in [2.45, 2.75) is 19.4 Å². The van der Waals surface area contributed by atoms with E-state index in [1.807, 2.05) is 30.8 Å². The molecule has 0 spiro atoms. The highest BCUT2D eigenvalue weighted by Crippen LogP contribution is 2.31. The molecular weight excluding hydrogens is 234 g/mol. The Balaban J connectivity index is 2.07. The summed E-state index contributed by atoms with van der Waals surface area (Å²) in [5, 5.41) is 3.53. The van der Waals surface area contributed by atoms with Gasteiger partial charge in [-0.15, -0.1) is 0 Å². The van der Waals surface area contributed by atoms with Crippen molar-refractivity contribution in [2.24, 2.45) is 0 Å². The van der Waals surface area contributed by atoms with E-state index in [0.29, 0.717) is 12.6 Å². The Hall–Kier alpha value is -1.03. The highest BCUT2D eigenvalue weighted by atomic mass is 32.2. The van der Waals surface area contributed by atoms with Crippen LogP contribution in [-0.2, 0) is 0 Å². The van der Waals surface area contributed by atoms with Gasteiger partial charge in [-0.3, -0.25) is 0 Å². The Kier molecular flexibility index (Phi) is 4.42. The first-order valence-corrected chi connectivity index (χ1v) is 7.14. The SMILES string of the molecule is CCOc1ccc(NC2CCSC2)cc1OC. The number of ether oxygens (including phenoxy) is 2. The smallest absolute Gasteiger partial charge is 0.162 e. The van der Waals surface area contributed by atoms with Crippen LogP contribution >= 0.6 is 11.8 Å². The lowest BCUT2D eigenvalue weighted by Crippen LogP contribution is -2.17. The molecule has 1 saturated heterocycles. The number of methoxy groups -OCH3 is 1. The fourth-order valence-electron chi connectivity index (χ4n) is 1.92. The first-order chi connectivity index (χ1) is 8.33. The molecule has 0 amide bonds. The molecular formula is C13H19NO2S. The number of thioether (sulfide) groups is 1. The van der Waals surface area contributed by atoms with Crippen molar-refractivity contribution in [1.29, 1.82) is 0 Å². The fraction of sp³-hybridized carbons (Fsp3) is 0.538. The molecule has 17 heavy (non-hydrogen) atoms. The van der Waals surface area contributed by atoms with Gasteiger partial charge in [0.05, 0.1) is 13.7 Å². The molecule has 1 atom stereocenters. The lowest BCUT2D eigenvalue weighted by atomic mass is 10.2. The van der Waals surface area contributed by atoms with Crippen LogP contribution in [0, 0.1) is 0 Å².